The van der Waals surface area contributed by atoms with Gasteiger partial charge in [0.2, 0.25) is 18.3 Å². The maximum Gasteiger partial charge on any atom is 0.303 e. The van der Waals surface area contributed by atoms with Crippen molar-refractivity contribution in [2.75, 3.05) is 6.61 Å². The molecule has 2 rings (SSSR count). The van der Waals surface area contributed by atoms with Crippen LogP contribution in [-0.4, -0.2) is 65.0 Å². The van der Waals surface area contributed by atoms with Gasteiger partial charge in [-0.2, -0.15) is 0 Å². The lowest BCUT2D eigenvalue weighted by atomic mass is 10.1. The lowest BCUT2D eigenvalue weighted by molar-refractivity contribution is -0.171. The van der Waals surface area contributed by atoms with Gasteiger partial charge < -0.3 is 34.4 Å². The number of hydrogen-bond acceptors (Lipinski definition) is 10. The second-order valence-electron chi connectivity index (χ2n) is 5.56. The SMILES string of the molecule is CC(=O)OC[C@H]1O[C@@H](Oc2nc[nH]c2C(N)=O)[C@H](OC(C)=O)[C@H]1OC(C)=O. The maximum atomic E-state index is 11.5. The molecule has 0 unspecified atom stereocenters. The summed E-state index contributed by atoms with van der Waals surface area (Å²) in [5.74, 6) is -2.99. The van der Waals surface area contributed by atoms with E-state index in [1.807, 2.05) is 0 Å². The Labute approximate surface area is 153 Å². The van der Waals surface area contributed by atoms with E-state index in [0.717, 1.165) is 13.8 Å². The molecule has 0 bridgehead atoms. The average Bonchev–Trinajstić information content (AvgIpc) is 3.12. The van der Waals surface area contributed by atoms with Crippen LogP contribution in [0.4, 0.5) is 0 Å². The molecule has 1 aliphatic rings. The highest BCUT2D eigenvalue weighted by atomic mass is 16.7. The van der Waals surface area contributed by atoms with Crippen LogP contribution < -0.4 is 10.5 Å². The molecule has 1 aromatic heterocycles. The summed E-state index contributed by atoms with van der Waals surface area (Å²) in [6.45, 7) is 3.20. The number of carbonyl (C=O) groups is 4. The topological polar surface area (TPSA) is 169 Å². The van der Waals surface area contributed by atoms with E-state index in [-0.39, 0.29) is 18.2 Å². The number of esters is 3. The Morgan fingerprint density at radius 3 is 2.30 bits per heavy atom. The van der Waals surface area contributed by atoms with Crippen molar-refractivity contribution in [3.05, 3.63) is 12.0 Å². The predicted octanol–water partition coefficient (Wildman–Crippen LogP) is -0.961. The number of ether oxygens (including phenoxy) is 5. The molecule has 12 heteroatoms. The molecule has 0 spiro atoms. The van der Waals surface area contributed by atoms with E-state index in [9.17, 15) is 19.2 Å². The van der Waals surface area contributed by atoms with Crippen LogP contribution in [0.5, 0.6) is 5.88 Å². The second-order valence-corrected chi connectivity index (χ2v) is 5.56. The van der Waals surface area contributed by atoms with Gasteiger partial charge in [-0.25, -0.2) is 4.98 Å². The fourth-order valence-corrected chi connectivity index (χ4v) is 2.43. The number of primary amides is 1. The largest absolute Gasteiger partial charge is 0.463 e. The average molecular weight is 385 g/mol. The van der Waals surface area contributed by atoms with Gasteiger partial charge in [-0.1, -0.05) is 0 Å². The van der Waals surface area contributed by atoms with Crippen molar-refractivity contribution >= 4 is 23.8 Å². The van der Waals surface area contributed by atoms with Crippen molar-refractivity contribution in [2.45, 2.75) is 45.4 Å². The number of aromatic nitrogens is 2. The van der Waals surface area contributed by atoms with Gasteiger partial charge in [-0.15, -0.1) is 0 Å². The van der Waals surface area contributed by atoms with Crippen molar-refractivity contribution in [1.29, 1.82) is 0 Å². The summed E-state index contributed by atoms with van der Waals surface area (Å²) in [6, 6.07) is 0. The van der Waals surface area contributed by atoms with Crippen molar-refractivity contribution in [1.82, 2.24) is 9.97 Å². The predicted molar refractivity (Wildman–Crippen MR) is 84.1 cm³/mol. The third-order valence-electron chi connectivity index (χ3n) is 3.40. The van der Waals surface area contributed by atoms with Crippen LogP contribution in [0.15, 0.2) is 6.33 Å². The fourth-order valence-electron chi connectivity index (χ4n) is 2.43. The quantitative estimate of drug-likeness (QED) is 0.440. The highest BCUT2D eigenvalue weighted by Gasteiger charge is 2.51. The Morgan fingerprint density at radius 2 is 1.74 bits per heavy atom. The highest BCUT2D eigenvalue weighted by Crippen LogP contribution is 2.30. The van der Waals surface area contributed by atoms with Crippen molar-refractivity contribution < 1.29 is 42.9 Å². The molecule has 1 saturated heterocycles. The first-order valence-electron chi connectivity index (χ1n) is 7.82. The number of nitrogens with two attached hydrogens (primary N) is 1. The highest BCUT2D eigenvalue weighted by molar-refractivity contribution is 5.93. The molecule has 1 fully saturated rings. The summed E-state index contributed by atoms with van der Waals surface area (Å²) in [5, 5.41) is 0. The molecular weight excluding hydrogens is 366 g/mol. The molecule has 1 amide bonds. The Hall–Kier alpha value is -3.15. The summed E-state index contributed by atoms with van der Waals surface area (Å²) in [5.41, 5.74) is 5.08. The number of aromatic amines is 1. The summed E-state index contributed by atoms with van der Waals surface area (Å²) in [7, 11) is 0. The van der Waals surface area contributed by atoms with Gasteiger partial charge in [-0.3, -0.25) is 19.2 Å². The number of rotatable bonds is 7. The van der Waals surface area contributed by atoms with E-state index in [2.05, 4.69) is 9.97 Å². The first-order chi connectivity index (χ1) is 12.7. The molecule has 1 aromatic rings. The number of carbonyl (C=O) groups excluding carboxylic acids is 4. The number of nitrogens with zero attached hydrogens (tertiary/aromatic N) is 1. The van der Waals surface area contributed by atoms with Crippen LogP contribution in [0.25, 0.3) is 0 Å². The number of imidazole rings is 1. The van der Waals surface area contributed by atoms with Gasteiger partial charge in [0.05, 0.1) is 6.33 Å². The van der Waals surface area contributed by atoms with Crippen molar-refractivity contribution in [2.24, 2.45) is 5.73 Å². The molecule has 3 N–H and O–H groups in total. The zero-order valence-electron chi connectivity index (χ0n) is 14.8. The molecule has 0 aliphatic carbocycles. The fraction of sp³-hybridized carbons (Fsp3) is 0.533. The normalized spacial score (nSPS) is 24.1. The van der Waals surface area contributed by atoms with Gasteiger partial charge >= 0.3 is 17.9 Å². The van der Waals surface area contributed by atoms with Crippen molar-refractivity contribution in [3.63, 3.8) is 0 Å². The van der Waals surface area contributed by atoms with Gasteiger partial charge in [0.25, 0.3) is 5.91 Å². The number of nitrogens with one attached hydrogen (secondary N) is 1. The van der Waals surface area contributed by atoms with Crippen LogP contribution in [0, 0.1) is 0 Å². The minimum absolute atomic E-state index is 0.132. The number of H-pyrrole nitrogens is 1. The summed E-state index contributed by atoms with van der Waals surface area (Å²) < 4.78 is 26.3. The molecule has 12 nitrogen and oxygen atoms in total. The Morgan fingerprint density at radius 1 is 1.11 bits per heavy atom. The molecule has 4 atom stereocenters. The third kappa shape index (κ3) is 5.17. The summed E-state index contributed by atoms with van der Waals surface area (Å²) in [6.07, 6.45) is -3.44. The molecule has 2 heterocycles. The molecule has 1 aliphatic heterocycles. The first-order valence-corrected chi connectivity index (χ1v) is 7.82. The minimum Gasteiger partial charge on any atom is -0.463 e. The van der Waals surface area contributed by atoms with Crippen molar-refractivity contribution in [3.8, 4) is 5.88 Å². The lowest BCUT2D eigenvalue weighted by Gasteiger charge is -2.23. The maximum absolute atomic E-state index is 11.5. The Balaban J connectivity index is 2.27. The van der Waals surface area contributed by atoms with E-state index in [4.69, 9.17) is 29.4 Å². The number of hydrogen-bond donors (Lipinski definition) is 2. The summed E-state index contributed by atoms with van der Waals surface area (Å²) in [4.78, 5) is 51.7. The molecular formula is C15H19N3O9. The van der Waals surface area contributed by atoms with Gasteiger partial charge in [0.15, 0.2) is 11.8 Å². The van der Waals surface area contributed by atoms with Gasteiger partial charge in [-0.05, 0) is 0 Å². The Bertz CT molecular complexity index is 732. The monoisotopic (exact) mass is 385 g/mol. The van der Waals surface area contributed by atoms with Crippen LogP contribution in [0.2, 0.25) is 0 Å². The number of amides is 1. The standard InChI is InChI=1S/C15H19N3O9/c1-6(19)23-4-9-11(24-7(2)20)12(25-8(3)21)15(26-9)27-14-10(13(16)22)17-5-18-14/h5,9,11-12,15H,4H2,1-3H3,(H2,16,22)(H,17,18)/t9-,11+,12-,15+/m1/s1. The van der Waals surface area contributed by atoms with Crippen LogP contribution >= 0.6 is 0 Å². The van der Waals surface area contributed by atoms with E-state index in [1.165, 1.54) is 13.3 Å². The zero-order chi connectivity index (χ0) is 20.1. The lowest BCUT2D eigenvalue weighted by Crippen LogP contribution is -2.42. The van der Waals surface area contributed by atoms with E-state index in [0.29, 0.717) is 0 Å². The molecule has 0 saturated carbocycles. The molecule has 27 heavy (non-hydrogen) atoms. The van der Waals surface area contributed by atoms with Crippen LogP contribution in [-0.2, 0) is 33.3 Å². The smallest absolute Gasteiger partial charge is 0.303 e. The Kier molecular flexibility index (Phi) is 6.34. The molecule has 148 valence electrons. The third-order valence-corrected chi connectivity index (χ3v) is 3.40. The molecule has 0 aromatic carbocycles. The summed E-state index contributed by atoms with van der Waals surface area (Å²) >= 11 is 0. The minimum atomic E-state index is -1.31. The van der Waals surface area contributed by atoms with E-state index >= 15 is 0 Å². The van der Waals surface area contributed by atoms with Gasteiger partial charge in [0.1, 0.15) is 12.7 Å². The van der Waals surface area contributed by atoms with E-state index < -0.39 is 48.4 Å². The van der Waals surface area contributed by atoms with Crippen LogP contribution in [0.1, 0.15) is 31.3 Å². The van der Waals surface area contributed by atoms with E-state index in [1.54, 1.807) is 0 Å². The van der Waals surface area contributed by atoms with Gasteiger partial charge in [0, 0.05) is 20.8 Å². The zero-order valence-corrected chi connectivity index (χ0v) is 14.8. The first kappa shape index (κ1) is 20.2. The second kappa shape index (κ2) is 8.49. The molecule has 0 radical (unpaired) electrons. The van der Waals surface area contributed by atoms with Crippen LogP contribution in [0.3, 0.4) is 0 Å².